The summed E-state index contributed by atoms with van der Waals surface area (Å²) in [4.78, 5) is 0. The zero-order valence-corrected chi connectivity index (χ0v) is 5.80. The lowest BCUT2D eigenvalue weighted by Gasteiger charge is -1.93. The molecule has 0 aliphatic rings. The summed E-state index contributed by atoms with van der Waals surface area (Å²) in [5, 5.41) is 14.8. The van der Waals surface area contributed by atoms with Crippen molar-refractivity contribution in [2.45, 2.75) is 6.92 Å². The number of ether oxygens (including phenoxy) is 1. The van der Waals surface area contributed by atoms with E-state index in [2.05, 4.69) is 10.2 Å². The van der Waals surface area contributed by atoms with Crippen LogP contribution < -0.4 is 4.74 Å². The van der Waals surface area contributed by atoms with Crippen LogP contribution in [0.5, 0.6) is 5.75 Å². The molecular weight excluding hydrogens is 130 g/mol. The smallest absolute Gasteiger partial charge is 0.204 e. The van der Waals surface area contributed by atoms with Gasteiger partial charge in [0.2, 0.25) is 5.69 Å². The molecule has 0 spiro atoms. The van der Waals surface area contributed by atoms with Crippen LogP contribution in [-0.2, 0) is 0 Å². The lowest BCUT2D eigenvalue weighted by atomic mass is 10.3. The first-order valence-corrected chi connectivity index (χ1v) is 2.78. The van der Waals surface area contributed by atoms with Crippen LogP contribution in [0.1, 0.15) is 11.4 Å². The first-order valence-electron chi connectivity index (χ1n) is 2.78. The Bertz CT molecular complexity index is 271. The van der Waals surface area contributed by atoms with E-state index in [1.165, 1.54) is 7.11 Å². The summed E-state index contributed by atoms with van der Waals surface area (Å²) in [6.45, 7) is 1.80. The number of aromatic nitrogens is 2. The summed E-state index contributed by atoms with van der Waals surface area (Å²) < 4.78 is 4.89. The first kappa shape index (κ1) is 6.62. The van der Waals surface area contributed by atoms with Crippen LogP contribution in [0.2, 0.25) is 0 Å². The molecule has 0 aliphatic heterocycles. The van der Waals surface area contributed by atoms with Gasteiger partial charge in [0.15, 0.2) is 5.75 Å². The summed E-state index contributed by atoms with van der Waals surface area (Å²) in [5.41, 5.74) is 1.08. The summed E-state index contributed by atoms with van der Waals surface area (Å²) in [5.74, 6) is 0.530. The molecule has 4 heteroatoms. The number of nitriles is 1. The number of nitrogens with one attached hydrogen (secondary N) is 1. The number of methoxy groups -OCH3 is 1. The van der Waals surface area contributed by atoms with Gasteiger partial charge in [-0.1, -0.05) is 0 Å². The van der Waals surface area contributed by atoms with E-state index in [0.29, 0.717) is 11.4 Å². The highest BCUT2D eigenvalue weighted by Gasteiger charge is 2.07. The predicted octanol–water partition coefficient (Wildman–Crippen LogP) is 0.598. The minimum atomic E-state index is 0.306. The molecule has 52 valence electrons. The predicted molar refractivity (Wildman–Crippen MR) is 34.6 cm³/mol. The SMILES string of the molecule is COc1c(C#N)n[nH]c1C. The number of hydrogen-bond donors (Lipinski definition) is 1. The molecule has 0 aromatic carbocycles. The van der Waals surface area contributed by atoms with Crippen molar-refractivity contribution in [1.82, 2.24) is 10.2 Å². The van der Waals surface area contributed by atoms with E-state index in [-0.39, 0.29) is 0 Å². The lowest BCUT2D eigenvalue weighted by Crippen LogP contribution is -1.85. The molecule has 0 saturated heterocycles. The van der Waals surface area contributed by atoms with E-state index in [1.807, 2.05) is 6.07 Å². The second-order valence-electron chi connectivity index (χ2n) is 1.84. The molecular formula is C6H7N3O. The Kier molecular flexibility index (Phi) is 1.59. The summed E-state index contributed by atoms with van der Waals surface area (Å²) in [6, 6.07) is 1.90. The number of aromatic amines is 1. The molecule has 0 saturated carbocycles. The molecule has 1 aromatic rings. The third-order valence-corrected chi connectivity index (χ3v) is 1.20. The van der Waals surface area contributed by atoms with E-state index < -0.39 is 0 Å². The van der Waals surface area contributed by atoms with Crippen molar-refractivity contribution in [3.05, 3.63) is 11.4 Å². The van der Waals surface area contributed by atoms with Crippen LogP contribution in [0.4, 0.5) is 0 Å². The number of aryl methyl sites for hydroxylation is 1. The third-order valence-electron chi connectivity index (χ3n) is 1.20. The van der Waals surface area contributed by atoms with Crippen LogP contribution in [-0.4, -0.2) is 17.3 Å². The number of rotatable bonds is 1. The van der Waals surface area contributed by atoms with E-state index in [4.69, 9.17) is 10.00 Å². The molecule has 0 amide bonds. The van der Waals surface area contributed by atoms with Crippen molar-refractivity contribution in [3.8, 4) is 11.8 Å². The van der Waals surface area contributed by atoms with Crippen molar-refractivity contribution >= 4 is 0 Å². The highest BCUT2D eigenvalue weighted by atomic mass is 16.5. The molecule has 0 atom stereocenters. The fraction of sp³-hybridized carbons (Fsp3) is 0.333. The van der Waals surface area contributed by atoms with Gasteiger partial charge >= 0.3 is 0 Å². The molecule has 1 heterocycles. The third kappa shape index (κ3) is 0.818. The van der Waals surface area contributed by atoms with Gasteiger partial charge in [-0.25, -0.2) is 0 Å². The largest absolute Gasteiger partial charge is 0.492 e. The minimum Gasteiger partial charge on any atom is -0.492 e. The Morgan fingerprint density at radius 1 is 1.70 bits per heavy atom. The van der Waals surface area contributed by atoms with Gasteiger partial charge < -0.3 is 4.74 Å². The zero-order valence-electron chi connectivity index (χ0n) is 5.80. The van der Waals surface area contributed by atoms with Gasteiger partial charge in [-0.3, -0.25) is 5.10 Å². The molecule has 1 N–H and O–H groups in total. The minimum absolute atomic E-state index is 0.306. The van der Waals surface area contributed by atoms with E-state index in [9.17, 15) is 0 Å². The lowest BCUT2D eigenvalue weighted by molar-refractivity contribution is 0.410. The zero-order chi connectivity index (χ0) is 7.56. The molecule has 10 heavy (non-hydrogen) atoms. The van der Waals surface area contributed by atoms with Crippen molar-refractivity contribution in [2.24, 2.45) is 0 Å². The Hall–Kier alpha value is -1.50. The van der Waals surface area contributed by atoms with Crippen LogP contribution >= 0.6 is 0 Å². The number of hydrogen-bond acceptors (Lipinski definition) is 3. The van der Waals surface area contributed by atoms with Gasteiger partial charge in [-0.2, -0.15) is 10.4 Å². The summed E-state index contributed by atoms with van der Waals surface area (Å²) in [7, 11) is 1.51. The van der Waals surface area contributed by atoms with Crippen molar-refractivity contribution in [2.75, 3.05) is 7.11 Å². The van der Waals surface area contributed by atoms with E-state index in [1.54, 1.807) is 6.92 Å². The summed E-state index contributed by atoms with van der Waals surface area (Å²) >= 11 is 0. The van der Waals surface area contributed by atoms with Gasteiger partial charge in [0.1, 0.15) is 6.07 Å². The maximum atomic E-state index is 8.45. The number of H-pyrrole nitrogens is 1. The van der Waals surface area contributed by atoms with Crippen LogP contribution in [0.15, 0.2) is 0 Å². The Labute approximate surface area is 58.4 Å². The Morgan fingerprint density at radius 3 is 2.80 bits per heavy atom. The highest BCUT2D eigenvalue weighted by molar-refractivity contribution is 5.39. The monoisotopic (exact) mass is 137 g/mol. The van der Waals surface area contributed by atoms with Crippen molar-refractivity contribution < 1.29 is 4.74 Å². The molecule has 4 nitrogen and oxygen atoms in total. The van der Waals surface area contributed by atoms with Crippen molar-refractivity contribution in [1.29, 1.82) is 5.26 Å². The molecule has 1 rings (SSSR count). The standard InChI is InChI=1S/C6H7N3O/c1-4-6(10-2)5(3-7)9-8-4/h1-2H3,(H,8,9). The van der Waals surface area contributed by atoms with Gasteiger partial charge in [0, 0.05) is 0 Å². The van der Waals surface area contributed by atoms with Gasteiger partial charge in [0.05, 0.1) is 12.8 Å². The molecule has 0 fully saturated rings. The second kappa shape index (κ2) is 2.40. The normalized spacial score (nSPS) is 8.90. The average Bonchev–Trinajstić information content (AvgIpc) is 2.30. The maximum Gasteiger partial charge on any atom is 0.204 e. The fourth-order valence-corrected chi connectivity index (χ4v) is 0.744. The Morgan fingerprint density at radius 2 is 2.40 bits per heavy atom. The van der Waals surface area contributed by atoms with Crippen LogP contribution in [0.3, 0.4) is 0 Å². The topological polar surface area (TPSA) is 61.7 Å². The molecule has 1 aromatic heterocycles. The van der Waals surface area contributed by atoms with Gasteiger partial charge in [-0.05, 0) is 6.92 Å². The van der Waals surface area contributed by atoms with Crippen LogP contribution in [0.25, 0.3) is 0 Å². The first-order chi connectivity index (χ1) is 4.79. The number of nitrogens with zero attached hydrogens (tertiary/aromatic N) is 2. The van der Waals surface area contributed by atoms with E-state index >= 15 is 0 Å². The molecule has 0 aliphatic carbocycles. The molecule has 0 unspecified atom stereocenters. The summed E-state index contributed by atoms with van der Waals surface area (Å²) in [6.07, 6.45) is 0. The molecule has 0 bridgehead atoms. The highest BCUT2D eigenvalue weighted by Crippen LogP contribution is 2.17. The second-order valence-corrected chi connectivity index (χ2v) is 1.84. The Balaban J connectivity index is 3.16. The average molecular weight is 137 g/mol. The van der Waals surface area contributed by atoms with Crippen LogP contribution in [0, 0.1) is 18.3 Å². The van der Waals surface area contributed by atoms with Gasteiger partial charge in [0.25, 0.3) is 0 Å². The van der Waals surface area contributed by atoms with Crippen molar-refractivity contribution in [3.63, 3.8) is 0 Å². The molecule has 0 radical (unpaired) electrons. The van der Waals surface area contributed by atoms with E-state index in [0.717, 1.165) is 5.69 Å². The quantitative estimate of drug-likeness (QED) is 0.616. The fourth-order valence-electron chi connectivity index (χ4n) is 0.744. The maximum absolute atomic E-state index is 8.45. The van der Waals surface area contributed by atoms with Gasteiger partial charge in [-0.15, -0.1) is 0 Å².